The van der Waals surface area contributed by atoms with Crippen molar-refractivity contribution >= 4 is 29.5 Å². The first-order valence-electron chi connectivity index (χ1n) is 9.48. The Morgan fingerprint density at radius 2 is 1.80 bits per heavy atom. The van der Waals surface area contributed by atoms with Crippen molar-refractivity contribution in [1.29, 1.82) is 0 Å². The molecule has 0 aromatic heterocycles. The minimum absolute atomic E-state index is 0.0790. The SMILES string of the molecule is NC(=NC=NC(=O)c1cc(N2CCCCC2)ccc1N)c1cccc(C(F)(F)F)c1. The zero-order valence-electron chi connectivity index (χ0n) is 16.2. The number of rotatable bonds is 4. The molecule has 1 saturated heterocycles. The molecule has 3 rings (SSSR count). The smallest absolute Gasteiger partial charge is 0.398 e. The van der Waals surface area contributed by atoms with Gasteiger partial charge in [-0.25, -0.2) is 4.99 Å². The fraction of sp³-hybridized carbons (Fsp3) is 0.286. The Hall–Kier alpha value is -3.36. The molecule has 1 aliphatic rings. The zero-order valence-corrected chi connectivity index (χ0v) is 16.2. The molecular formula is C21H22F3N5O. The number of benzene rings is 2. The van der Waals surface area contributed by atoms with E-state index in [2.05, 4.69) is 14.9 Å². The van der Waals surface area contributed by atoms with Crippen LogP contribution in [0.5, 0.6) is 0 Å². The molecule has 1 amide bonds. The number of nitrogens with two attached hydrogens (primary N) is 2. The maximum atomic E-state index is 12.8. The number of nitrogens with zero attached hydrogens (tertiary/aromatic N) is 3. The lowest BCUT2D eigenvalue weighted by Gasteiger charge is -2.29. The van der Waals surface area contributed by atoms with Crippen LogP contribution in [-0.2, 0) is 6.18 Å². The highest BCUT2D eigenvalue weighted by Gasteiger charge is 2.30. The van der Waals surface area contributed by atoms with Crippen LogP contribution in [0.2, 0.25) is 0 Å². The van der Waals surface area contributed by atoms with Crippen LogP contribution in [-0.4, -0.2) is 31.2 Å². The van der Waals surface area contributed by atoms with Gasteiger partial charge in [0.2, 0.25) is 0 Å². The second-order valence-corrected chi connectivity index (χ2v) is 6.96. The zero-order chi connectivity index (χ0) is 21.7. The summed E-state index contributed by atoms with van der Waals surface area (Å²) >= 11 is 0. The monoisotopic (exact) mass is 417 g/mol. The molecule has 0 aliphatic carbocycles. The second-order valence-electron chi connectivity index (χ2n) is 6.96. The van der Waals surface area contributed by atoms with E-state index in [0.29, 0.717) is 0 Å². The lowest BCUT2D eigenvalue weighted by Crippen LogP contribution is -2.29. The first-order valence-corrected chi connectivity index (χ1v) is 9.48. The van der Waals surface area contributed by atoms with Crippen LogP contribution in [0.15, 0.2) is 52.4 Å². The van der Waals surface area contributed by atoms with Crippen LogP contribution >= 0.6 is 0 Å². The van der Waals surface area contributed by atoms with Crippen LogP contribution < -0.4 is 16.4 Å². The molecule has 30 heavy (non-hydrogen) atoms. The van der Waals surface area contributed by atoms with E-state index >= 15 is 0 Å². The molecule has 0 atom stereocenters. The van der Waals surface area contributed by atoms with Crippen LogP contribution in [0, 0.1) is 0 Å². The molecule has 0 bridgehead atoms. The summed E-state index contributed by atoms with van der Waals surface area (Å²) in [6.07, 6.45) is -0.195. The quantitative estimate of drug-likeness (QED) is 0.449. The summed E-state index contributed by atoms with van der Waals surface area (Å²) in [4.78, 5) is 22.2. The molecule has 158 valence electrons. The molecule has 0 saturated carbocycles. The van der Waals surface area contributed by atoms with Gasteiger partial charge in [-0.1, -0.05) is 12.1 Å². The number of carbonyl (C=O) groups excluding carboxylic acids is 1. The highest BCUT2D eigenvalue weighted by molar-refractivity contribution is 6.06. The summed E-state index contributed by atoms with van der Waals surface area (Å²) < 4.78 is 38.4. The van der Waals surface area contributed by atoms with Crippen molar-refractivity contribution in [1.82, 2.24) is 0 Å². The van der Waals surface area contributed by atoms with E-state index in [4.69, 9.17) is 11.5 Å². The summed E-state index contributed by atoms with van der Waals surface area (Å²) in [5, 5.41) is 0. The Morgan fingerprint density at radius 3 is 2.50 bits per heavy atom. The summed E-state index contributed by atoms with van der Waals surface area (Å²) in [6.45, 7) is 1.83. The van der Waals surface area contributed by atoms with Gasteiger partial charge in [-0.2, -0.15) is 18.2 Å². The first kappa shape index (κ1) is 21.4. The summed E-state index contributed by atoms with van der Waals surface area (Å²) in [5.41, 5.74) is 12.3. The average Bonchev–Trinajstić information content (AvgIpc) is 2.74. The number of hydrogen-bond donors (Lipinski definition) is 2. The first-order chi connectivity index (χ1) is 14.3. The van der Waals surface area contributed by atoms with Crippen molar-refractivity contribution in [3.8, 4) is 0 Å². The number of piperidine rings is 1. The molecule has 1 fully saturated rings. The molecule has 9 heteroatoms. The molecule has 1 heterocycles. The van der Waals surface area contributed by atoms with Gasteiger partial charge >= 0.3 is 6.18 Å². The highest BCUT2D eigenvalue weighted by Crippen LogP contribution is 2.29. The van der Waals surface area contributed by atoms with Gasteiger partial charge in [0.1, 0.15) is 12.2 Å². The number of aliphatic imine (C=N–C) groups is 2. The molecule has 0 radical (unpaired) electrons. The number of anilines is 2. The fourth-order valence-electron chi connectivity index (χ4n) is 3.22. The van der Waals surface area contributed by atoms with Gasteiger partial charge in [-0.15, -0.1) is 0 Å². The highest BCUT2D eigenvalue weighted by atomic mass is 19.4. The van der Waals surface area contributed by atoms with Crippen molar-refractivity contribution < 1.29 is 18.0 Å². The minimum atomic E-state index is -4.49. The van der Waals surface area contributed by atoms with Gasteiger partial charge in [-0.05, 0) is 49.6 Å². The largest absolute Gasteiger partial charge is 0.416 e. The number of amidine groups is 1. The van der Waals surface area contributed by atoms with Crippen LogP contribution in [0.4, 0.5) is 24.5 Å². The number of carbonyl (C=O) groups is 1. The third kappa shape index (κ3) is 5.16. The Bertz CT molecular complexity index is 979. The molecule has 4 N–H and O–H groups in total. The predicted molar refractivity (Wildman–Crippen MR) is 112 cm³/mol. The Kier molecular flexibility index (Phi) is 6.39. The van der Waals surface area contributed by atoms with Crippen molar-refractivity contribution in [2.24, 2.45) is 15.7 Å². The molecule has 6 nitrogen and oxygen atoms in total. The van der Waals surface area contributed by atoms with Crippen molar-refractivity contribution in [3.05, 3.63) is 59.2 Å². The topological polar surface area (TPSA) is 97.1 Å². The number of alkyl halides is 3. The third-order valence-corrected chi connectivity index (χ3v) is 4.85. The van der Waals surface area contributed by atoms with Crippen LogP contribution in [0.1, 0.15) is 40.7 Å². The number of hydrogen-bond acceptors (Lipinski definition) is 3. The van der Waals surface area contributed by atoms with Gasteiger partial charge in [0, 0.05) is 30.0 Å². The Morgan fingerprint density at radius 1 is 1.07 bits per heavy atom. The van der Waals surface area contributed by atoms with E-state index in [-0.39, 0.29) is 22.6 Å². The van der Waals surface area contributed by atoms with Crippen LogP contribution in [0.25, 0.3) is 0 Å². The number of amides is 1. The Balaban J connectivity index is 1.75. The van der Waals surface area contributed by atoms with Crippen molar-refractivity contribution in [3.63, 3.8) is 0 Å². The van der Waals surface area contributed by atoms with Gasteiger partial charge in [0.05, 0.1) is 11.1 Å². The molecule has 0 spiro atoms. The lowest BCUT2D eigenvalue weighted by molar-refractivity contribution is -0.137. The van der Waals surface area contributed by atoms with E-state index in [9.17, 15) is 18.0 Å². The number of nitrogen functional groups attached to an aromatic ring is 1. The molecule has 1 aliphatic heterocycles. The van der Waals surface area contributed by atoms with Gasteiger partial charge in [0.25, 0.3) is 5.91 Å². The second kappa shape index (κ2) is 8.98. The maximum Gasteiger partial charge on any atom is 0.416 e. The van der Waals surface area contributed by atoms with E-state index in [1.807, 2.05) is 6.07 Å². The molecular weight excluding hydrogens is 395 g/mol. The van der Waals surface area contributed by atoms with Crippen molar-refractivity contribution in [2.75, 3.05) is 23.7 Å². The molecule has 2 aromatic carbocycles. The third-order valence-electron chi connectivity index (χ3n) is 4.85. The molecule has 0 unspecified atom stereocenters. The lowest BCUT2D eigenvalue weighted by atomic mass is 10.1. The fourth-order valence-corrected chi connectivity index (χ4v) is 3.22. The van der Waals surface area contributed by atoms with Gasteiger partial charge < -0.3 is 16.4 Å². The molecule has 2 aromatic rings. The summed E-state index contributed by atoms with van der Waals surface area (Å²) in [7, 11) is 0. The normalized spacial score (nSPS) is 15.6. The van der Waals surface area contributed by atoms with Gasteiger partial charge in [-0.3, -0.25) is 4.79 Å². The maximum absolute atomic E-state index is 12.8. The minimum Gasteiger partial charge on any atom is -0.398 e. The van der Waals surface area contributed by atoms with Crippen LogP contribution in [0.3, 0.4) is 0 Å². The van der Waals surface area contributed by atoms with E-state index in [1.54, 1.807) is 12.1 Å². The summed E-state index contributed by atoms with van der Waals surface area (Å²) in [5.74, 6) is -0.792. The van der Waals surface area contributed by atoms with E-state index < -0.39 is 17.6 Å². The predicted octanol–water partition coefficient (Wildman–Crippen LogP) is 3.85. The summed E-state index contributed by atoms with van der Waals surface area (Å²) in [6, 6.07) is 9.67. The average molecular weight is 417 g/mol. The Labute approximate surface area is 172 Å². The van der Waals surface area contributed by atoms with Gasteiger partial charge in [0.15, 0.2) is 0 Å². The standard InChI is InChI=1S/C21H22F3N5O/c22-21(23,24)15-6-4-5-14(11-15)19(26)27-13-28-20(30)17-12-16(7-8-18(17)25)29-9-2-1-3-10-29/h4-8,11-13H,1-3,9-10,25H2,(H2,26,27,28,30). The van der Waals surface area contributed by atoms with Crippen molar-refractivity contribution in [2.45, 2.75) is 25.4 Å². The van der Waals surface area contributed by atoms with E-state index in [1.165, 1.54) is 18.6 Å². The number of halogens is 3. The van der Waals surface area contributed by atoms with E-state index in [0.717, 1.165) is 50.1 Å².